The number of aliphatic hydroxyl groups excluding tert-OH is 3. The number of hydrogen-bond acceptors (Lipinski definition) is 6. The van der Waals surface area contributed by atoms with Crippen molar-refractivity contribution in [2.75, 3.05) is 13.4 Å². The lowest BCUT2D eigenvalue weighted by Crippen LogP contribution is -2.48. The lowest BCUT2D eigenvalue weighted by molar-refractivity contribution is -0.318. The summed E-state index contributed by atoms with van der Waals surface area (Å²) in [5.74, 6) is 0. The molecule has 0 aliphatic carbocycles. The second-order valence-corrected chi connectivity index (χ2v) is 5.21. The van der Waals surface area contributed by atoms with Gasteiger partial charge in [0.1, 0.15) is 12.9 Å². The first-order chi connectivity index (χ1) is 9.65. The van der Waals surface area contributed by atoms with Crippen LogP contribution in [-0.4, -0.2) is 53.5 Å². The van der Waals surface area contributed by atoms with Crippen LogP contribution in [0.15, 0.2) is 0 Å². The fourth-order valence-corrected chi connectivity index (χ4v) is 2.09. The molecule has 0 bridgehead atoms. The van der Waals surface area contributed by atoms with E-state index < -0.39 is 24.8 Å². The molecule has 120 valence electrons. The molecular formula is C14H28O6. The maximum absolute atomic E-state index is 9.45. The van der Waals surface area contributed by atoms with Gasteiger partial charge in [-0.25, -0.2) is 0 Å². The second-order valence-electron chi connectivity index (χ2n) is 5.21. The van der Waals surface area contributed by atoms with Crippen molar-refractivity contribution in [1.82, 2.24) is 0 Å². The summed E-state index contributed by atoms with van der Waals surface area (Å²) in [5.41, 5.74) is 0. The van der Waals surface area contributed by atoms with E-state index in [4.69, 9.17) is 14.2 Å². The summed E-state index contributed by atoms with van der Waals surface area (Å²) in [5, 5.41) is 28.0. The Kier molecular flexibility index (Phi) is 9.33. The van der Waals surface area contributed by atoms with Crippen molar-refractivity contribution in [2.24, 2.45) is 0 Å². The average molecular weight is 292 g/mol. The molecule has 1 aliphatic rings. The summed E-state index contributed by atoms with van der Waals surface area (Å²) in [6, 6.07) is 0. The first-order valence-electron chi connectivity index (χ1n) is 7.54. The van der Waals surface area contributed by atoms with Crippen LogP contribution < -0.4 is 0 Å². The zero-order chi connectivity index (χ0) is 14.8. The molecule has 0 aromatic carbocycles. The van der Waals surface area contributed by atoms with Gasteiger partial charge >= 0.3 is 0 Å². The Hall–Kier alpha value is -0.240. The molecule has 1 saturated heterocycles. The van der Waals surface area contributed by atoms with Crippen molar-refractivity contribution in [2.45, 2.75) is 76.7 Å². The van der Waals surface area contributed by atoms with Gasteiger partial charge in [-0.15, -0.1) is 0 Å². The number of ether oxygens (including phenoxy) is 3. The Bertz CT molecular complexity index is 226. The largest absolute Gasteiger partial charge is 0.390 e. The van der Waals surface area contributed by atoms with Crippen molar-refractivity contribution >= 4 is 0 Å². The standard InChI is InChI=1S/C14H28O6/c1-2-3-4-5-6-7-8-18-10-19-12-9-11(15)13(16)14(17)20-12/h11-17H,2-10H2,1H3/t11-,12?,13+,14?/m0/s1. The van der Waals surface area contributed by atoms with E-state index in [1.165, 1.54) is 25.7 Å². The highest BCUT2D eigenvalue weighted by Crippen LogP contribution is 2.19. The van der Waals surface area contributed by atoms with Gasteiger partial charge < -0.3 is 29.5 Å². The van der Waals surface area contributed by atoms with E-state index in [0.29, 0.717) is 6.61 Å². The summed E-state index contributed by atoms with van der Waals surface area (Å²) in [7, 11) is 0. The fourth-order valence-electron chi connectivity index (χ4n) is 2.09. The zero-order valence-corrected chi connectivity index (χ0v) is 12.2. The first kappa shape index (κ1) is 17.8. The van der Waals surface area contributed by atoms with Crippen LogP contribution in [0.3, 0.4) is 0 Å². The number of hydrogen-bond donors (Lipinski definition) is 3. The molecule has 1 heterocycles. The Morgan fingerprint density at radius 1 is 1.05 bits per heavy atom. The summed E-state index contributed by atoms with van der Waals surface area (Å²) in [6.45, 7) is 2.89. The Balaban J connectivity index is 1.94. The highest BCUT2D eigenvalue weighted by atomic mass is 16.8. The summed E-state index contributed by atoms with van der Waals surface area (Å²) in [6.07, 6.45) is 2.86. The third kappa shape index (κ3) is 6.97. The summed E-state index contributed by atoms with van der Waals surface area (Å²) >= 11 is 0. The van der Waals surface area contributed by atoms with Crippen LogP contribution in [0.1, 0.15) is 51.9 Å². The third-order valence-electron chi connectivity index (χ3n) is 3.39. The van der Waals surface area contributed by atoms with Crippen LogP contribution in [-0.2, 0) is 14.2 Å². The molecule has 6 nitrogen and oxygen atoms in total. The summed E-state index contributed by atoms with van der Waals surface area (Å²) in [4.78, 5) is 0. The summed E-state index contributed by atoms with van der Waals surface area (Å²) < 4.78 is 15.5. The molecule has 0 amide bonds. The quantitative estimate of drug-likeness (QED) is 0.413. The van der Waals surface area contributed by atoms with Gasteiger partial charge in [0, 0.05) is 13.0 Å². The Labute approximate surface area is 120 Å². The molecule has 1 rings (SSSR count). The van der Waals surface area contributed by atoms with Crippen LogP contribution >= 0.6 is 0 Å². The van der Waals surface area contributed by atoms with Crippen LogP contribution in [0.5, 0.6) is 0 Å². The topological polar surface area (TPSA) is 88.4 Å². The first-order valence-corrected chi connectivity index (χ1v) is 7.54. The molecule has 20 heavy (non-hydrogen) atoms. The Morgan fingerprint density at radius 3 is 2.45 bits per heavy atom. The van der Waals surface area contributed by atoms with Gasteiger partial charge in [-0.3, -0.25) is 0 Å². The van der Waals surface area contributed by atoms with Crippen molar-refractivity contribution in [3.63, 3.8) is 0 Å². The molecule has 0 radical (unpaired) electrons. The van der Waals surface area contributed by atoms with Gasteiger partial charge in [0.15, 0.2) is 12.6 Å². The number of aliphatic hydroxyl groups is 3. The maximum Gasteiger partial charge on any atom is 0.186 e. The van der Waals surface area contributed by atoms with Gasteiger partial charge in [0.2, 0.25) is 0 Å². The number of rotatable bonds is 10. The minimum Gasteiger partial charge on any atom is -0.390 e. The SMILES string of the molecule is CCCCCCCCOCOC1C[C@H](O)[C@@H](O)C(O)O1. The maximum atomic E-state index is 9.45. The predicted molar refractivity (Wildman–Crippen MR) is 72.8 cm³/mol. The predicted octanol–water partition coefficient (Wildman–Crippen LogP) is 1.12. The second kappa shape index (κ2) is 10.5. The van der Waals surface area contributed by atoms with E-state index in [9.17, 15) is 15.3 Å². The monoisotopic (exact) mass is 292 g/mol. The smallest absolute Gasteiger partial charge is 0.186 e. The Morgan fingerprint density at radius 2 is 1.75 bits per heavy atom. The molecule has 1 fully saturated rings. The molecule has 1 aliphatic heterocycles. The van der Waals surface area contributed by atoms with Gasteiger partial charge in [-0.1, -0.05) is 39.0 Å². The fraction of sp³-hybridized carbons (Fsp3) is 1.00. The lowest BCUT2D eigenvalue weighted by atomic mass is 10.1. The van der Waals surface area contributed by atoms with E-state index >= 15 is 0 Å². The van der Waals surface area contributed by atoms with E-state index in [-0.39, 0.29) is 13.2 Å². The zero-order valence-electron chi connectivity index (χ0n) is 12.2. The van der Waals surface area contributed by atoms with Crippen LogP contribution in [0, 0.1) is 0 Å². The van der Waals surface area contributed by atoms with E-state index in [0.717, 1.165) is 12.8 Å². The molecule has 0 aromatic rings. The van der Waals surface area contributed by atoms with E-state index in [1.54, 1.807) is 0 Å². The van der Waals surface area contributed by atoms with Crippen LogP contribution in [0.25, 0.3) is 0 Å². The van der Waals surface area contributed by atoms with Gasteiger partial charge in [0.25, 0.3) is 0 Å². The van der Waals surface area contributed by atoms with Crippen molar-refractivity contribution in [3.05, 3.63) is 0 Å². The van der Waals surface area contributed by atoms with Gasteiger partial charge in [-0.2, -0.15) is 0 Å². The third-order valence-corrected chi connectivity index (χ3v) is 3.39. The van der Waals surface area contributed by atoms with E-state index in [1.807, 2.05) is 0 Å². The van der Waals surface area contributed by atoms with Gasteiger partial charge in [0.05, 0.1) is 6.10 Å². The van der Waals surface area contributed by atoms with Crippen LogP contribution in [0.2, 0.25) is 0 Å². The highest BCUT2D eigenvalue weighted by molar-refractivity contribution is 4.76. The molecule has 6 heteroatoms. The normalized spacial score (nSPS) is 30.6. The molecule has 3 N–H and O–H groups in total. The molecule has 0 saturated carbocycles. The van der Waals surface area contributed by atoms with Gasteiger partial charge in [-0.05, 0) is 6.42 Å². The molecule has 0 spiro atoms. The van der Waals surface area contributed by atoms with Crippen molar-refractivity contribution in [3.8, 4) is 0 Å². The van der Waals surface area contributed by atoms with Crippen LogP contribution in [0.4, 0.5) is 0 Å². The number of unbranched alkanes of at least 4 members (excludes halogenated alkanes) is 5. The van der Waals surface area contributed by atoms with Crippen molar-refractivity contribution in [1.29, 1.82) is 0 Å². The molecule has 2 unspecified atom stereocenters. The minimum atomic E-state index is -1.41. The van der Waals surface area contributed by atoms with Crippen molar-refractivity contribution < 1.29 is 29.5 Å². The lowest BCUT2D eigenvalue weighted by Gasteiger charge is -2.33. The van der Waals surface area contributed by atoms with E-state index in [2.05, 4.69) is 6.92 Å². The molecule has 0 aromatic heterocycles. The minimum absolute atomic E-state index is 0.0646. The molecule has 4 atom stereocenters. The highest BCUT2D eigenvalue weighted by Gasteiger charge is 2.35. The average Bonchev–Trinajstić information content (AvgIpc) is 2.43. The molecular weight excluding hydrogens is 264 g/mol.